The average molecular weight is 346 g/mol. The first kappa shape index (κ1) is 12.0. The van der Waals surface area contributed by atoms with Crippen molar-refractivity contribution in [2.24, 2.45) is 0 Å². The van der Waals surface area contributed by atoms with Crippen molar-refractivity contribution in [3.8, 4) is 0 Å². The van der Waals surface area contributed by atoms with E-state index in [2.05, 4.69) is 31.9 Å². The molecule has 0 aliphatic carbocycles. The average Bonchev–Trinajstić information content (AvgIpc) is 3.00. The first-order chi connectivity index (χ1) is 7.51. The fourth-order valence-electron chi connectivity index (χ4n) is 1.26. The lowest BCUT2D eigenvalue weighted by atomic mass is 10.1. The third-order valence-electron chi connectivity index (χ3n) is 2.44. The Morgan fingerprint density at radius 2 is 2.00 bits per heavy atom. The minimum absolute atomic E-state index is 0.00424. The highest BCUT2D eigenvalue weighted by atomic mass is 79.9. The van der Waals surface area contributed by atoms with Crippen LogP contribution in [-0.2, 0) is 9.53 Å². The van der Waals surface area contributed by atoms with Gasteiger partial charge in [-0.3, -0.25) is 4.79 Å². The van der Waals surface area contributed by atoms with E-state index in [1.807, 2.05) is 30.3 Å². The summed E-state index contributed by atoms with van der Waals surface area (Å²) in [5.41, 5.74) is 0.373. The molecular formula is C12H10Br2O2. The lowest BCUT2D eigenvalue weighted by Crippen LogP contribution is -2.19. The van der Waals surface area contributed by atoms with E-state index in [1.54, 1.807) is 6.92 Å². The van der Waals surface area contributed by atoms with Gasteiger partial charge in [0, 0.05) is 4.47 Å². The molecule has 84 valence electrons. The van der Waals surface area contributed by atoms with Crippen LogP contribution in [0.25, 0.3) is 6.08 Å². The van der Waals surface area contributed by atoms with Crippen LogP contribution >= 0.6 is 31.9 Å². The molecule has 2 nitrogen and oxygen atoms in total. The molecule has 0 radical (unpaired) electrons. The number of rotatable bonds is 3. The minimum Gasteiger partial charge on any atom is -0.361 e. The summed E-state index contributed by atoms with van der Waals surface area (Å²) in [5, 5.41) is 0. The van der Waals surface area contributed by atoms with Crippen LogP contribution in [0.2, 0.25) is 0 Å². The standard InChI is InChI=1S/C12H10Br2O2/c1-12(7-16-12)11(15)10(14)6-8-2-4-9(13)5-3-8/h2-6H,7H2,1H3/b10-6-/t12-/m0/s1. The number of benzene rings is 1. The molecule has 4 heteroatoms. The zero-order valence-electron chi connectivity index (χ0n) is 8.67. The Morgan fingerprint density at radius 3 is 2.50 bits per heavy atom. The van der Waals surface area contributed by atoms with Crippen molar-refractivity contribution in [3.05, 3.63) is 38.8 Å². The second kappa shape index (κ2) is 4.43. The number of hydrogen-bond acceptors (Lipinski definition) is 2. The monoisotopic (exact) mass is 344 g/mol. The van der Waals surface area contributed by atoms with E-state index in [9.17, 15) is 4.79 Å². The summed E-state index contributed by atoms with van der Waals surface area (Å²) >= 11 is 6.66. The van der Waals surface area contributed by atoms with Gasteiger partial charge in [-0.15, -0.1) is 0 Å². The van der Waals surface area contributed by atoms with E-state index < -0.39 is 5.60 Å². The van der Waals surface area contributed by atoms with Crippen LogP contribution in [0, 0.1) is 0 Å². The summed E-state index contributed by atoms with van der Waals surface area (Å²) in [7, 11) is 0. The number of carbonyl (C=O) groups is 1. The van der Waals surface area contributed by atoms with Crippen LogP contribution in [0.5, 0.6) is 0 Å². The third-order valence-corrected chi connectivity index (χ3v) is 3.56. The van der Waals surface area contributed by atoms with Crippen LogP contribution in [0.15, 0.2) is 33.2 Å². The number of epoxide rings is 1. The molecule has 1 aliphatic rings. The van der Waals surface area contributed by atoms with Crippen LogP contribution < -0.4 is 0 Å². The zero-order valence-corrected chi connectivity index (χ0v) is 11.8. The highest BCUT2D eigenvalue weighted by Gasteiger charge is 2.47. The van der Waals surface area contributed by atoms with E-state index in [0.29, 0.717) is 11.1 Å². The van der Waals surface area contributed by atoms with Gasteiger partial charge in [0.1, 0.15) is 0 Å². The number of Topliss-reactive ketones (excluding diaryl/α,β-unsaturated/α-hetero) is 1. The summed E-state index contributed by atoms with van der Waals surface area (Å²) in [4.78, 5) is 11.8. The molecule has 0 bridgehead atoms. The number of ether oxygens (including phenoxy) is 1. The smallest absolute Gasteiger partial charge is 0.203 e. The van der Waals surface area contributed by atoms with Gasteiger partial charge in [0.15, 0.2) is 5.60 Å². The predicted octanol–water partition coefficient (Wildman–Crippen LogP) is 3.54. The Kier molecular flexibility index (Phi) is 3.33. The summed E-state index contributed by atoms with van der Waals surface area (Å²) in [6, 6.07) is 7.75. The van der Waals surface area contributed by atoms with Gasteiger partial charge in [-0.2, -0.15) is 0 Å². The van der Waals surface area contributed by atoms with Crippen molar-refractivity contribution in [2.75, 3.05) is 6.61 Å². The number of ketones is 1. The van der Waals surface area contributed by atoms with Crippen LogP contribution in [0.4, 0.5) is 0 Å². The Balaban J connectivity index is 2.17. The quantitative estimate of drug-likeness (QED) is 0.619. The van der Waals surface area contributed by atoms with E-state index in [-0.39, 0.29) is 5.78 Å². The van der Waals surface area contributed by atoms with Crippen molar-refractivity contribution < 1.29 is 9.53 Å². The Bertz CT molecular complexity index is 445. The van der Waals surface area contributed by atoms with Crippen molar-refractivity contribution >= 4 is 43.7 Å². The molecule has 1 aliphatic heterocycles. The predicted molar refractivity (Wildman–Crippen MR) is 70.4 cm³/mol. The van der Waals surface area contributed by atoms with Crippen molar-refractivity contribution in [1.82, 2.24) is 0 Å². The molecule has 1 heterocycles. The third kappa shape index (κ3) is 2.62. The molecule has 0 aromatic heterocycles. The lowest BCUT2D eigenvalue weighted by molar-refractivity contribution is -0.119. The van der Waals surface area contributed by atoms with E-state index in [0.717, 1.165) is 10.0 Å². The van der Waals surface area contributed by atoms with E-state index >= 15 is 0 Å². The normalized spacial score (nSPS) is 24.3. The number of halogens is 2. The van der Waals surface area contributed by atoms with Gasteiger partial charge in [-0.1, -0.05) is 28.1 Å². The second-order valence-corrected chi connectivity index (χ2v) is 5.66. The molecule has 1 aromatic rings. The fraction of sp³-hybridized carbons (Fsp3) is 0.250. The maximum atomic E-state index is 11.8. The molecule has 1 saturated heterocycles. The van der Waals surface area contributed by atoms with Gasteiger partial charge in [0.25, 0.3) is 0 Å². The second-order valence-electron chi connectivity index (χ2n) is 3.89. The van der Waals surface area contributed by atoms with Crippen molar-refractivity contribution in [1.29, 1.82) is 0 Å². The van der Waals surface area contributed by atoms with Gasteiger partial charge >= 0.3 is 0 Å². The first-order valence-corrected chi connectivity index (χ1v) is 6.41. The summed E-state index contributed by atoms with van der Waals surface area (Å²) in [6.45, 7) is 2.31. The zero-order chi connectivity index (χ0) is 11.8. The number of hydrogen-bond donors (Lipinski definition) is 0. The molecule has 0 spiro atoms. The van der Waals surface area contributed by atoms with Gasteiger partial charge in [-0.25, -0.2) is 0 Å². The minimum atomic E-state index is -0.606. The maximum Gasteiger partial charge on any atom is 0.203 e. The molecule has 2 rings (SSSR count). The van der Waals surface area contributed by atoms with E-state index in [4.69, 9.17) is 4.74 Å². The number of carbonyl (C=O) groups excluding carboxylic acids is 1. The van der Waals surface area contributed by atoms with Crippen LogP contribution in [-0.4, -0.2) is 18.0 Å². The SMILES string of the molecule is C[C@@]1(C(=O)/C(Br)=C/c2ccc(Br)cc2)CO1. The lowest BCUT2D eigenvalue weighted by Gasteiger charge is -2.03. The van der Waals surface area contributed by atoms with E-state index in [1.165, 1.54) is 0 Å². The molecule has 16 heavy (non-hydrogen) atoms. The molecule has 1 atom stereocenters. The Labute approximate surface area is 111 Å². The molecular weight excluding hydrogens is 336 g/mol. The fourth-order valence-corrected chi connectivity index (χ4v) is 2.21. The van der Waals surface area contributed by atoms with Gasteiger partial charge in [-0.05, 0) is 46.6 Å². The van der Waals surface area contributed by atoms with Crippen molar-refractivity contribution in [3.63, 3.8) is 0 Å². The molecule has 1 aromatic carbocycles. The maximum absolute atomic E-state index is 11.8. The summed E-state index contributed by atoms with van der Waals surface area (Å²) in [6.07, 6.45) is 1.81. The highest BCUT2D eigenvalue weighted by molar-refractivity contribution is 9.12. The summed E-state index contributed by atoms with van der Waals surface area (Å²) in [5.74, 6) is -0.00424. The topological polar surface area (TPSA) is 29.6 Å². The van der Waals surface area contributed by atoms with Crippen LogP contribution in [0.1, 0.15) is 12.5 Å². The van der Waals surface area contributed by atoms with Crippen molar-refractivity contribution in [2.45, 2.75) is 12.5 Å². The van der Waals surface area contributed by atoms with Gasteiger partial charge in [0.2, 0.25) is 5.78 Å². The molecule has 0 N–H and O–H groups in total. The van der Waals surface area contributed by atoms with Gasteiger partial charge in [0.05, 0.1) is 11.1 Å². The Morgan fingerprint density at radius 1 is 1.44 bits per heavy atom. The first-order valence-electron chi connectivity index (χ1n) is 4.83. The van der Waals surface area contributed by atoms with Crippen LogP contribution in [0.3, 0.4) is 0 Å². The largest absolute Gasteiger partial charge is 0.361 e. The molecule has 0 amide bonds. The highest BCUT2D eigenvalue weighted by Crippen LogP contribution is 2.32. The van der Waals surface area contributed by atoms with Gasteiger partial charge < -0.3 is 4.74 Å². The Hall–Kier alpha value is -0.450. The summed E-state index contributed by atoms with van der Waals surface area (Å²) < 4.78 is 6.68. The molecule has 0 unspecified atom stereocenters. The molecule has 1 fully saturated rings. The molecule has 0 saturated carbocycles.